The number of hydrogen-bond donors (Lipinski definition) is 0. The summed E-state index contributed by atoms with van der Waals surface area (Å²) in [5.41, 5.74) is 1.80. The van der Waals surface area contributed by atoms with Crippen LogP contribution in [-0.2, 0) is 22.0 Å². The fraction of sp³-hybridized carbons (Fsp3) is 0.429. The third-order valence-electron chi connectivity index (χ3n) is 2.98. The van der Waals surface area contributed by atoms with Crippen LogP contribution >= 0.6 is 23.2 Å². The molecule has 0 bridgehead atoms. The van der Waals surface area contributed by atoms with Crippen molar-refractivity contribution >= 4 is 40.2 Å². The van der Waals surface area contributed by atoms with Gasteiger partial charge in [0.1, 0.15) is 5.82 Å². The van der Waals surface area contributed by atoms with E-state index in [0.29, 0.717) is 36.9 Å². The molecule has 1 aromatic carbocycles. The van der Waals surface area contributed by atoms with Crippen molar-refractivity contribution in [3.63, 3.8) is 0 Å². The first-order chi connectivity index (χ1) is 9.65. The number of aryl methyl sites for hydroxylation is 1. The van der Waals surface area contributed by atoms with Crippen LogP contribution in [0.2, 0.25) is 5.02 Å². The summed E-state index contributed by atoms with van der Waals surface area (Å²) in [4.78, 5) is 15.8. The molecule has 0 spiro atoms. The molecule has 2 aromatic rings. The van der Waals surface area contributed by atoms with E-state index >= 15 is 0 Å². The number of imidazole rings is 1. The second-order valence-electron chi connectivity index (χ2n) is 4.35. The van der Waals surface area contributed by atoms with Gasteiger partial charge in [-0.05, 0) is 31.5 Å². The van der Waals surface area contributed by atoms with Crippen LogP contribution in [0.5, 0.6) is 0 Å². The SMILES string of the molecule is CCOC(=O)CCCn1c(CCl)nc2cc(Cl)ccc21. The topological polar surface area (TPSA) is 44.1 Å². The molecule has 4 nitrogen and oxygen atoms in total. The molecule has 0 N–H and O–H groups in total. The molecular weight excluding hydrogens is 299 g/mol. The third kappa shape index (κ3) is 3.44. The van der Waals surface area contributed by atoms with Crippen LogP contribution in [0.15, 0.2) is 18.2 Å². The standard InChI is InChI=1S/C14H16Cl2N2O2/c1-2-20-14(19)4-3-7-18-12-6-5-10(16)8-11(12)17-13(18)9-15/h5-6,8H,2-4,7,9H2,1H3. The molecule has 1 heterocycles. The van der Waals surface area contributed by atoms with Crippen molar-refractivity contribution in [1.29, 1.82) is 0 Å². The number of halogens is 2. The maximum atomic E-state index is 11.3. The molecule has 0 fully saturated rings. The lowest BCUT2D eigenvalue weighted by molar-refractivity contribution is -0.143. The highest BCUT2D eigenvalue weighted by Gasteiger charge is 2.11. The van der Waals surface area contributed by atoms with E-state index in [2.05, 4.69) is 4.98 Å². The van der Waals surface area contributed by atoms with Gasteiger partial charge in [0.25, 0.3) is 0 Å². The molecule has 0 amide bonds. The van der Waals surface area contributed by atoms with E-state index in [0.717, 1.165) is 16.9 Å². The molecule has 0 unspecified atom stereocenters. The highest BCUT2D eigenvalue weighted by atomic mass is 35.5. The number of benzene rings is 1. The highest BCUT2D eigenvalue weighted by molar-refractivity contribution is 6.31. The summed E-state index contributed by atoms with van der Waals surface area (Å²) in [5.74, 6) is 0.936. The fourth-order valence-electron chi connectivity index (χ4n) is 2.12. The van der Waals surface area contributed by atoms with E-state index in [1.165, 1.54) is 0 Å². The van der Waals surface area contributed by atoms with Gasteiger partial charge in [0.05, 0.1) is 23.5 Å². The number of esters is 1. The van der Waals surface area contributed by atoms with Crippen molar-refractivity contribution in [1.82, 2.24) is 9.55 Å². The Bertz CT molecular complexity index is 610. The van der Waals surface area contributed by atoms with E-state index in [9.17, 15) is 4.79 Å². The summed E-state index contributed by atoms with van der Waals surface area (Å²) >= 11 is 11.9. The quantitative estimate of drug-likeness (QED) is 0.602. The maximum Gasteiger partial charge on any atom is 0.305 e. The number of ether oxygens (including phenoxy) is 1. The minimum absolute atomic E-state index is 0.174. The summed E-state index contributed by atoms with van der Waals surface area (Å²) in [7, 11) is 0. The number of rotatable bonds is 6. The average Bonchev–Trinajstić information content (AvgIpc) is 2.76. The smallest absolute Gasteiger partial charge is 0.305 e. The summed E-state index contributed by atoms with van der Waals surface area (Å²) in [6, 6.07) is 5.56. The summed E-state index contributed by atoms with van der Waals surface area (Å²) in [5, 5.41) is 0.648. The Morgan fingerprint density at radius 2 is 2.25 bits per heavy atom. The Morgan fingerprint density at radius 1 is 1.45 bits per heavy atom. The Hall–Kier alpha value is -1.26. The zero-order chi connectivity index (χ0) is 14.5. The first-order valence-electron chi connectivity index (χ1n) is 6.52. The number of carbonyl (C=O) groups excluding carboxylic acids is 1. The lowest BCUT2D eigenvalue weighted by Gasteiger charge is -2.07. The van der Waals surface area contributed by atoms with Gasteiger partial charge < -0.3 is 9.30 Å². The Morgan fingerprint density at radius 3 is 2.95 bits per heavy atom. The van der Waals surface area contributed by atoms with Crippen LogP contribution in [0, 0.1) is 0 Å². The lowest BCUT2D eigenvalue weighted by atomic mass is 10.3. The Labute approximate surface area is 127 Å². The van der Waals surface area contributed by atoms with Gasteiger partial charge in [-0.1, -0.05) is 11.6 Å². The van der Waals surface area contributed by atoms with Crippen molar-refractivity contribution in [3.05, 3.63) is 29.0 Å². The molecule has 2 rings (SSSR count). The number of alkyl halides is 1. The van der Waals surface area contributed by atoms with Crippen LogP contribution in [0.4, 0.5) is 0 Å². The minimum Gasteiger partial charge on any atom is -0.466 e. The average molecular weight is 315 g/mol. The molecule has 0 aliphatic carbocycles. The Kier molecular flexibility index (Phi) is 5.26. The van der Waals surface area contributed by atoms with E-state index < -0.39 is 0 Å². The van der Waals surface area contributed by atoms with Gasteiger partial charge in [0.2, 0.25) is 0 Å². The van der Waals surface area contributed by atoms with Crippen LogP contribution in [-0.4, -0.2) is 22.1 Å². The molecule has 1 aromatic heterocycles. The van der Waals surface area contributed by atoms with Crippen molar-refractivity contribution in [2.24, 2.45) is 0 Å². The predicted octanol–water partition coefficient (Wildman–Crippen LogP) is 3.77. The van der Waals surface area contributed by atoms with Crippen molar-refractivity contribution in [2.45, 2.75) is 32.2 Å². The summed E-state index contributed by atoms with van der Waals surface area (Å²) in [6.07, 6.45) is 1.08. The van der Waals surface area contributed by atoms with Gasteiger partial charge in [-0.25, -0.2) is 4.98 Å². The largest absolute Gasteiger partial charge is 0.466 e. The summed E-state index contributed by atoms with van der Waals surface area (Å²) in [6.45, 7) is 2.90. The number of hydrogen-bond acceptors (Lipinski definition) is 3. The minimum atomic E-state index is -0.174. The molecule has 0 saturated carbocycles. The van der Waals surface area contributed by atoms with Gasteiger partial charge in [-0.2, -0.15) is 0 Å². The molecule has 0 aliphatic rings. The molecule has 0 atom stereocenters. The van der Waals surface area contributed by atoms with E-state index in [1.807, 2.05) is 22.8 Å². The highest BCUT2D eigenvalue weighted by Crippen LogP contribution is 2.22. The molecule has 6 heteroatoms. The van der Waals surface area contributed by atoms with Crippen LogP contribution in [0.25, 0.3) is 11.0 Å². The number of aromatic nitrogens is 2. The van der Waals surface area contributed by atoms with Crippen molar-refractivity contribution in [3.8, 4) is 0 Å². The first kappa shape index (κ1) is 15.1. The van der Waals surface area contributed by atoms with Gasteiger partial charge in [0.15, 0.2) is 0 Å². The number of carbonyl (C=O) groups is 1. The van der Waals surface area contributed by atoms with E-state index in [-0.39, 0.29) is 5.97 Å². The number of fused-ring (bicyclic) bond motifs is 1. The summed E-state index contributed by atoms with van der Waals surface area (Å²) < 4.78 is 6.94. The van der Waals surface area contributed by atoms with Gasteiger partial charge in [0, 0.05) is 18.0 Å². The zero-order valence-corrected chi connectivity index (χ0v) is 12.7. The Balaban J connectivity index is 2.14. The van der Waals surface area contributed by atoms with E-state index in [4.69, 9.17) is 27.9 Å². The van der Waals surface area contributed by atoms with Crippen LogP contribution < -0.4 is 0 Å². The van der Waals surface area contributed by atoms with Crippen LogP contribution in [0.1, 0.15) is 25.6 Å². The van der Waals surface area contributed by atoms with E-state index in [1.54, 1.807) is 6.92 Å². The molecule has 0 saturated heterocycles. The van der Waals surface area contributed by atoms with Crippen LogP contribution in [0.3, 0.4) is 0 Å². The monoisotopic (exact) mass is 314 g/mol. The fourth-order valence-corrected chi connectivity index (χ4v) is 2.49. The molecule has 20 heavy (non-hydrogen) atoms. The first-order valence-corrected chi connectivity index (χ1v) is 7.43. The van der Waals surface area contributed by atoms with Gasteiger partial charge in [-0.15, -0.1) is 11.6 Å². The molecular formula is C14H16Cl2N2O2. The normalized spacial score (nSPS) is 10.9. The molecule has 108 valence electrons. The maximum absolute atomic E-state index is 11.3. The van der Waals surface area contributed by atoms with Crippen molar-refractivity contribution in [2.75, 3.05) is 6.61 Å². The second kappa shape index (κ2) is 6.95. The second-order valence-corrected chi connectivity index (χ2v) is 5.06. The van der Waals surface area contributed by atoms with Gasteiger partial charge >= 0.3 is 5.97 Å². The predicted molar refractivity (Wildman–Crippen MR) is 80.2 cm³/mol. The van der Waals surface area contributed by atoms with Crippen molar-refractivity contribution < 1.29 is 9.53 Å². The molecule has 0 radical (unpaired) electrons. The lowest BCUT2D eigenvalue weighted by Crippen LogP contribution is -2.08. The number of nitrogens with zero attached hydrogens (tertiary/aromatic N) is 2. The third-order valence-corrected chi connectivity index (χ3v) is 3.45. The molecule has 0 aliphatic heterocycles. The van der Waals surface area contributed by atoms with Gasteiger partial charge in [-0.3, -0.25) is 4.79 Å². The zero-order valence-electron chi connectivity index (χ0n) is 11.2.